The van der Waals surface area contributed by atoms with Gasteiger partial charge in [-0.3, -0.25) is 0 Å². The highest BCUT2D eigenvalue weighted by atomic mass is 16.5. The van der Waals surface area contributed by atoms with Crippen molar-refractivity contribution in [1.29, 1.82) is 0 Å². The van der Waals surface area contributed by atoms with Crippen molar-refractivity contribution >= 4 is 0 Å². The molecule has 0 bridgehead atoms. The fourth-order valence-electron chi connectivity index (χ4n) is 1.36. The minimum absolute atomic E-state index is 0.118. The third kappa shape index (κ3) is 4.07. The van der Waals surface area contributed by atoms with Crippen LogP contribution in [0.5, 0.6) is 0 Å². The monoisotopic (exact) mass is 187 g/mol. The fourth-order valence-corrected chi connectivity index (χ4v) is 1.36. The van der Waals surface area contributed by atoms with Gasteiger partial charge in [0.2, 0.25) is 0 Å². The Labute approximate surface area is 80.6 Å². The van der Waals surface area contributed by atoms with Gasteiger partial charge in [-0.1, -0.05) is 13.8 Å². The second-order valence-corrected chi connectivity index (χ2v) is 4.12. The van der Waals surface area contributed by atoms with Crippen molar-refractivity contribution < 1.29 is 9.47 Å². The molecule has 1 saturated heterocycles. The van der Waals surface area contributed by atoms with E-state index in [9.17, 15) is 0 Å². The van der Waals surface area contributed by atoms with E-state index in [0.29, 0.717) is 12.5 Å². The predicted octanol–water partition coefficient (Wildman–Crippen LogP) is 1.17. The van der Waals surface area contributed by atoms with E-state index in [0.717, 1.165) is 26.1 Å². The average molecular weight is 187 g/mol. The topological polar surface area (TPSA) is 44.5 Å². The van der Waals surface area contributed by atoms with Crippen molar-refractivity contribution in [3.05, 3.63) is 0 Å². The number of ether oxygens (including phenoxy) is 2. The molecule has 1 heterocycles. The van der Waals surface area contributed by atoms with Gasteiger partial charge in [-0.05, 0) is 18.8 Å². The molecule has 0 aromatic carbocycles. The average Bonchev–Trinajstić information content (AvgIpc) is 2.08. The van der Waals surface area contributed by atoms with Gasteiger partial charge in [-0.25, -0.2) is 0 Å². The minimum Gasteiger partial charge on any atom is -0.379 e. The lowest BCUT2D eigenvalue weighted by Crippen LogP contribution is -2.44. The molecule has 2 unspecified atom stereocenters. The van der Waals surface area contributed by atoms with Crippen LogP contribution in [0.3, 0.4) is 0 Å². The van der Waals surface area contributed by atoms with Crippen LogP contribution in [0.4, 0.5) is 0 Å². The lowest BCUT2D eigenvalue weighted by atomic mass is 10.1. The van der Waals surface area contributed by atoms with E-state index in [4.69, 9.17) is 15.2 Å². The Morgan fingerprint density at radius 3 is 2.92 bits per heavy atom. The van der Waals surface area contributed by atoms with Gasteiger partial charge in [0, 0.05) is 19.3 Å². The first-order valence-electron chi connectivity index (χ1n) is 5.15. The van der Waals surface area contributed by atoms with E-state index in [-0.39, 0.29) is 12.1 Å². The van der Waals surface area contributed by atoms with Crippen LogP contribution < -0.4 is 5.73 Å². The first-order valence-corrected chi connectivity index (χ1v) is 5.15. The summed E-state index contributed by atoms with van der Waals surface area (Å²) in [5, 5.41) is 0. The van der Waals surface area contributed by atoms with Crippen LogP contribution in [0.1, 0.15) is 26.7 Å². The van der Waals surface area contributed by atoms with E-state index < -0.39 is 0 Å². The highest BCUT2D eigenvalue weighted by Gasteiger charge is 2.22. The third-order valence-electron chi connectivity index (χ3n) is 2.38. The molecule has 0 aliphatic carbocycles. The molecule has 2 N–H and O–H groups in total. The number of hydrogen-bond donors (Lipinski definition) is 1. The Morgan fingerprint density at radius 2 is 2.31 bits per heavy atom. The molecule has 0 amide bonds. The summed E-state index contributed by atoms with van der Waals surface area (Å²) < 4.78 is 11.0. The smallest absolute Gasteiger partial charge is 0.0959 e. The number of hydrogen-bond acceptors (Lipinski definition) is 3. The maximum atomic E-state index is 5.89. The van der Waals surface area contributed by atoms with Crippen LogP contribution >= 0.6 is 0 Å². The van der Waals surface area contributed by atoms with Gasteiger partial charge in [0.25, 0.3) is 0 Å². The molecule has 1 aliphatic rings. The van der Waals surface area contributed by atoms with Crippen molar-refractivity contribution in [1.82, 2.24) is 0 Å². The molecule has 0 aromatic rings. The third-order valence-corrected chi connectivity index (χ3v) is 2.38. The Kier molecular flexibility index (Phi) is 4.70. The second-order valence-electron chi connectivity index (χ2n) is 4.12. The Morgan fingerprint density at radius 1 is 1.54 bits per heavy atom. The van der Waals surface area contributed by atoms with Crippen LogP contribution in [0.2, 0.25) is 0 Å². The van der Waals surface area contributed by atoms with Gasteiger partial charge in [-0.2, -0.15) is 0 Å². The van der Waals surface area contributed by atoms with Crippen LogP contribution in [0.25, 0.3) is 0 Å². The summed E-state index contributed by atoms with van der Waals surface area (Å²) in [4.78, 5) is 0. The summed E-state index contributed by atoms with van der Waals surface area (Å²) in [5.74, 6) is 0.695. The molecule has 1 aliphatic heterocycles. The first-order chi connectivity index (χ1) is 6.20. The normalized spacial score (nSPS) is 29.5. The SMILES string of the molecule is CC(C)CCOC1COCCC1N. The molecule has 0 saturated carbocycles. The lowest BCUT2D eigenvalue weighted by Gasteiger charge is -2.28. The maximum Gasteiger partial charge on any atom is 0.0959 e. The van der Waals surface area contributed by atoms with Crippen LogP contribution in [-0.4, -0.2) is 32.0 Å². The zero-order chi connectivity index (χ0) is 9.68. The Bertz CT molecular complexity index is 139. The van der Waals surface area contributed by atoms with Gasteiger partial charge in [-0.15, -0.1) is 0 Å². The number of rotatable bonds is 4. The number of nitrogens with two attached hydrogens (primary N) is 1. The first kappa shape index (κ1) is 11.0. The molecule has 13 heavy (non-hydrogen) atoms. The summed E-state index contributed by atoms with van der Waals surface area (Å²) in [6, 6.07) is 0.168. The summed E-state index contributed by atoms with van der Waals surface area (Å²) in [7, 11) is 0. The Hall–Kier alpha value is -0.120. The van der Waals surface area contributed by atoms with Gasteiger partial charge in [0.15, 0.2) is 0 Å². The zero-order valence-electron chi connectivity index (χ0n) is 8.66. The standard InChI is InChI=1S/C10H21NO2/c1-8(2)3-6-13-10-7-12-5-4-9(10)11/h8-10H,3-7,11H2,1-2H3. The molecule has 0 aromatic heterocycles. The van der Waals surface area contributed by atoms with Crippen molar-refractivity contribution in [2.45, 2.75) is 38.8 Å². The van der Waals surface area contributed by atoms with Gasteiger partial charge in [0.1, 0.15) is 0 Å². The van der Waals surface area contributed by atoms with Crippen molar-refractivity contribution in [3.8, 4) is 0 Å². The lowest BCUT2D eigenvalue weighted by molar-refractivity contribution is -0.0632. The molecular weight excluding hydrogens is 166 g/mol. The molecule has 0 radical (unpaired) electrons. The highest BCUT2D eigenvalue weighted by molar-refractivity contribution is 4.76. The van der Waals surface area contributed by atoms with Gasteiger partial charge < -0.3 is 15.2 Å². The summed E-state index contributed by atoms with van der Waals surface area (Å²) in [6.45, 7) is 6.64. The van der Waals surface area contributed by atoms with E-state index in [1.54, 1.807) is 0 Å². The molecule has 78 valence electrons. The molecule has 2 atom stereocenters. The molecule has 1 fully saturated rings. The predicted molar refractivity (Wildman–Crippen MR) is 52.6 cm³/mol. The zero-order valence-corrected chi connectivity index (χ0v) is 8.66. The van der Waals surface area contributed by atoms with Gasteiger partial charge >= 0.3 is 0 Å². The van der Waals surface area contributed by atoms with Crippen molar-refractivity contribution in [3.63, 3.8) is 0 Å². The summed E-state index contributed by atoms with van der Waals surface area (Å²) in [6.07, 6.45) is 2.14. The van der Waals surface area contributed by atoms with Crippen LogP contribution in [0.15, 0.2) is 0 Å². The molecule has 1 rings (SSSR count). The van der Waals surface area contributed by atoms with Crippen molar-refractivity contribution in [2.24, 2.45) is 11.7 Å². The summed E-state index contributed by atoms with van der Waals surface area (Å²) >= 11 is 0. The maximum absolute atomic E-state index is 5.89. The Balaban J connectivity index is 2.11. The molecule has 3 nitrogen and oxygen atoms in total. The van der Waals surface area contributed by atoms with E-state index in [1.807, 2.05) is 0 Å². The van der Waals surface area contributed by atoms with Gasteiger partial charge in [0.05, 0.1) is 12.7 Å². The second kappa shape index (κ2) is 5.58. The quantitative estimate of drug-likeness (QED) is 0.718. The van der Waals surface area contributed by atoms with Crippen molar-refractivity contribution in [2.75, 3.05) is 19.8 Å². The van der Waals surface area contributed by atoms with E-state index in [2.05, 4.69) is 13.8 Å². The fraction of sp³-hybridized carbons (Fsp3) is 1.00. The van der Waals surface area contributed by atoms with E-state index >= 15 is 0 Å². The van der Waals surface area contributed by atoms with E-state index in [1.165, 1.54) is 0 Å². The molecule has 3 heteroatoms. The van der Waals surface area contributed by atoms with Crippen LogP contribution in [-0.2, 0) is 9.47 Å². The molecule has 0 spiro atoms. The minimum atomic E-state index is 0.118. The van der Waals surface area contributed by atoms with Crippen LogP contribution in [0, 0.1) is 5.92 Å². The molecular formula is C10H21NO2. The highest BCUT2D eigenvalue weighted by Crippen LogP contribution is 2.10. The largest absolute Gasteiger partial charge is 0.379 e. The summed E-state index contributed by atoms with van der Waals surface area (Å²) in [5.41, 5.74) is 5.89.